The van der Waals surface area contributed by atoms with Crippen molar-refractivity contribution < 1.29 is 4.79 Å². The molecule has 1 heterocycles. The van der Waals surface area contributed by atoms with Crippen molar-refractivity contribution in [2.75, 3.05) is 32.7 Å². The molecule has 0 spiro atoms. The number of hydrogen-bond donors (Lipinski definition) is 2. The van der Waals surface area contributed by atoms with Crippen LogP contribution in [0, 0.1) is 5.92 Å². The lowest BCUT2D eigenvalue weighted by Gasteiger charge is -2.34. The highest BCUT2D eigenvalue weighted by Gasteiger charge is 2.21. The number of nitrogens with one attached hydrogen (secondary N) is 2. The van der Waals surface area contributed by atoms with Gasteiger partial charge in [-0.05, 0) is 44.6 Å². The summed E-state index contributed by atoms with van der Waals surface area (Å²) in [6.45, 7) is 7.64. The van der Waals surface area contributed by atoms with Gasteiger partial charge in [-0.25, -0.2) is 4.99 Å². The molecule has 1 fully saturated rings. The molecule has 0 saturated carbocycles. The van der Waals surface area contributed by atoms with E-state index in [1.807, 2.05) is 6.92 Å². The van der Waals surface area contributed by atoms with Crippen molar-refractivity contribution in [3.63, 3.8) is 0 Å². The second-order valence-corrected chi connectivity index (χ2v) is 6.24. The van der Waals surface area contributed by atoms with Gasteiger partial charge in [0, 0.05) is 26.2 Å². The summed E-state index contributed by atoms with van der Waals surface area (Å²) in [5, 5.41) is 6.10. The van der Waals surface area contributed by atoms with Crippen LogP contribution < -0.4 is 10.6 Å². The topological polar surface area (TPSA) is 56.7 Å². The summed E-state index contributed by atoms with van der Waals surface area (Å²) in [6, 6.07) is 10.7. The molecule has 0 bridgehead atoms. The molecule has 5 nitrogen and oxygen atoms in total. The molecule has 1 aromatic rings. The summed E-state index contributed by atoms with van der Waals surface area (Å²) in [5.41, 5.74) is 1.42. The smallest absolute Gasteiger partial charge is 0.241 e. The monoisotopic (exact) mass is 458 g/mol. The molecule has 25 heavy (non-hydrogen) atoms. The minimum atomic E-state index is -0.0214. The Hall–Kier alpha value is -1.31. The Balaban J connectivity index is 0.00000312. The molecule has 1 aliphatic heterocycles. The van der Waals surface area contributed by atoms with Crippen LogP contribution in [0.4, 0.5) is 0 Å². The van der Waals surface area contributed by atoms with Crippen molar-refractivity contribution in [2.24, 2.45) is 10.9 Å². The van der Waals surface area contributed by atoms with Gasteiger partial charge in [0.2, 0.25) is 5.91 Å². The van der Waals surface area contributed by atoms with Crippen LogP contribution in [0.5, 0.6) is 0 Å². The normalized spacial score (nSPS) is 15.4. The zero-order valence-corrected chi connectivity index (χ0v) is 17.7. The fourth-order valence-electron chi connectivity index (χ4n) is 3.12. The van der Waals surface area contributed by atoms with Gasteiger partial charge in [0.15, 0.2) is 5.96 Å². The van der Waals surface area contributed by atoms with E-state index in [-0.39, 0.29) is 36.4 Å². The number of halogens is 1. The Bertz CT molecular complexity index is 527. The van der Waals surface area contributed by atoms with Crippen molar-refractivity contribution in [2.45, 2.75) is 33.1 Å². The molecule has 1 aromatic carbocycles. The van der Waals surface area contributed by atoms with Crippen LogP contribution in [0.2, 0.25) is 0 Å². The minimum Gasteiger partial charge on any atom is -0.357 e. The summed E-state index contributed by atoms with van der Waals surface area (Å²) in [7, 11) is 0. The fraction of sp³-hybridized carbons (Fsp3) is 0.579. The van der Waals surface area contributed by atoms with Gasteiger partial charge in [0.05, 0.1) is 0 Å². The number of likely N-dealkylation sites (N-methyl/N-ethyl adjacent to an activating group) is 1. The SMILES string of the molecule is CCNC(=O)CN=C(NCC)N1CCC(Cc2ccccc2)CC1.I. The molecule has 0 unspecified atom stereocenters. The zero-order valence-electron chi connectivity index (χ0n) is 15.3. The van der Waals surface area contributed by atoms with E-state index < -0.39 is 0 Å². The van der Waals surface area contributed by atoms with Gasteiger partial charge in [-0.1, -0.05) is 30.3 Å². The average molecular weight is 458 g/mol. The lowest BCUT2D eigenvalue weighted by atomic mass is 9.90. The molecule has 0 aromatic heterocycles. The zero-order chi connectivity index (χ0) is 17.2. The van der Waals surface area contributed by atoms with Gasteiger partial charge in [-0.3, -0.25) is 4.79 Å². The lowest BCUT2D eigenvalue weighted by Crippen LogP contribution is -2.46. The molecule has 0 radical (unpaired) electrons. The molecule has 0 aliphatic carbocycles. The maximum absolute atomic E-state index is 11.6. The largest absolute Gasteiger partial charge is 0.357 e. The summed E-state index contributed by atoms with van der Waals surface area (Å²) >= 11 is 0. The Morgan fingerprint density at radius 2 is 1.76 bits per heavy atom. The maximum Gasteiger partial charge on any atom is 0.241 e. The number of aliphatic imine (C=N–C) groups is 1. The number of piperidine rings is 1. The van der Waals surface area contributed by atoms with E-state index in [9.17, 15) is 4.79 Å². The summed E-state index contributed by atoms with van der Waals surface area (Å²) in [6.07, 6.45) is 3.49. The number of hydrogen-bond acceptors (Lipinski definition) is 2. The van der Waals surface area contributed by atoms with Gasteiger partial charge >= 0.3 is 0 Å². The molecule has 1 amide bonds. The minimum absolute atomic E-state index is 0. The van der Waals surface area contributed by atoms with Crippen LogP contribution in [-0.2, 0) is 11.2 Å². The Kier molecular flexibility index (Phi) is 10.5. The summed E-state index contributed by atoms with van der Waals surface area (Å²) < 4.78 is 0. The summed E-state index contributed by atoms with van der Waals surface area (Å²) in [4.78, 5) is 18.4. The van der Waals surface area contributed by atoms with Crippen LogP contribution >= 0.6 is 24.0 Å². The van der Waals surface area contributed by atoms with Crippen LogP contribution in [0.25, 0.3) is 0 Å². The average Bonchev–Trinajstić information content (AvgIpc) is 2.60. The second-order valence-electron chi connectivity index (χ2n) is 6.24. The standard InChI is InChI=1S/C19H30N4O.HI/c1-3-20-18(24)15-22-19(21-4-2)23-12-10-17(11-13-23)14-16-8-6-5-7-9-16;/h5-9,17H,3-4,10-15H2,1-2H3,(H,20,24)(H,21,22);1H. The third-order valence-corrected chi connectivity index (χ3v) is 4.36. The highest BCUT2D eigenvalue weighted by Crippen LogP contribution is 2.21. The third kappa shape index (κ3) is 7.63. The van der Waals surface area contributed by atoms with Gasteiger partial charge in [0.1, 0.15) is 6.54 Å². The number of likely N-dealkylation sites (tertiary alicyclic amines) is 1. The van der Waals surface area contributed by atoms with E-state index in [1.165, 1.54) is 18.4 Å². The van der Waals surface area contributed by atoms with Crippen molar-refractivity contribution in [3.8, 4) is 0 Å². The molecule has 6 heteroatoms. The first kappa shape index (κ1) is 21.7. The molecular weight excluding hydrogens is 427 g/mol. The predicted molar refractivity (Wildman–Crippen MR) is 115 cm³/mol. The maximum atomic E-state index is 11.6. The first-order chi connectivity index (χ1) is 11.7. The van der Waals surface area contributed by atoms with E-state index in [2.05, 4.69) is 57.8 Å². The quantitative estimate of drug-likeness (QED) is 0.392. The molecule has 2 N–H and O–H groups in total. The number of carbonyl (C=O) groups is 1. The van der Waals surface area contributed by atoms with Crippen molar-refractivity contribution in [3.05, 3.63) is 35.9 Å². The predicted octanol–water partition coefficient (Wildman–Crippen LogP) is 2.66. The van der Waals surface area contributed by atoms with E-state index in [1.54, 1.807) is 0 Å². The van der Waals surface area contributed by atoms with Crippen LogP contribution in [-0.4, -0.2) is 49.5 Å². The first-order valence-electron chi connectivity index (χ1n) is 9.06. The number of rotatable bonds is 6. The Morgan fingerprint density at radius 3 is 2.36 bits per heavy atom. The van der Waals surface area contributed by atoms with Crippen LogP contribution in [0.1, 0.15) is 32.3 Å². The van der Waals surface area contributed by atoms with E-state index in [0.717, 1.165) is 37.9 Å². The highest BCUT2D eigenvalue weighted by atomic mass is 127. The lowest BCUT2D eigenvalue weighted by molar-refractivity contribution is -0.119. The van der Waals surface area contributed by atoms with Gasteiger partial charge in [0.25, 0.3) is 0 Å². The number of benzene rings is 1. The third-order valence-electron chi connectivity index (χ3n) is 4.36. The second kappa shape index (κ2) is 12.1. The molecule has 1 aliphatic rings. The Morgan fingerprint density at radius 1 is 1.12 bits per heavy atom. The van der Waals surface area contributed by atoms with E-state index in [4.69, 9.17) is 0 Å². The number of carbonyl (C=O) groups excluding carboxylic acids is 1. The van der Waals surface area contributed by atoms with Crippen LogP contribution in [0.15, 0.2) is 35.3 Å². The molecule has 2 rings (SSSR count). The Labute approximate surface area is 168 Å². The number of guanidine groups is 1. The van der Waals surface area contributed by atoms with Gasteiger partial charge in [-0.2, -0.15) is 0 Å². The number of amides is 1. The molecule has 1 saturated heterocycles. The molecule has 140 valence electrons. The van der Waals surface area contributed by atoms with Gasteiger partial charge in [-0.15, -0.1) is 24.0 Å². The fourth-order valence-corrected chi connectivity index (χ4v) is 3.12. The van der Waals surface area contributed by atoms with E-state index >= 15 is 0 Å². The first-order valence-corrected chi connectivity index (χ1v) is 9.06. The van der Waals surface area contributed by atoms with Crippen molar-refractivity contribution in [1.82, 2.24) is 15.5 Å². The van der Waals surface area contributed by atoms with Gasteiger partial charge < -0.3 is 15.5 Å². The van der Waals surface area contributed by atoms with Crippen LogP contribution in [0.3, 0.4) is 0 Å². The number of nitrogens with zero attached hydrogens (tertiary/aromatic N) is 2. The van der Waals surface area contributed by atoms with Crippen molar-refractivity contribution in [1.29, 1.82) is 0 Å². The van der Waals surface area contributed by atoms with E-state index in [0.29, 0.717) is 6.54 Å². The summed E-state index contributed by atoms with van der Waals surface area (Å²) in [5.74, 6) is 1.57. The molecule has 0 atom stereocenters. The van der Waals surface area contributed by atoms with Crippen molar-refractivity contribution >= 4 is 35.8 Å². The molecular formula is C19H31IN4O. The highest BCUT2D eigenvalue weighted by molar-refractivity contribution is 14.0.